The molecule has 1 rings (SSSR count). The Bertz CT molecular complexity index is 357. The zero-order valence-electron chi connectivity index (χ0n) is 12.0. The zero-order chi connectivity index (χ0) is 13.8. The largest absolute Gasteiger partial charge is 0.356 e. The van der Waals surface area contributed by atoms with E-state index in [9.17, 15) is 5.11 Å². The average Bonchev–Trinajstić information content (AvgIpc) is 2.61. The molecule has 0 aliphatic rings. The highest BCUT2D eigenvalue weighted by molar-refractivity contribution is 4.98. The topological polar surface area (TPSA) is 61.4 Å². The number of H-pyrrole nitrogens is 1. The van der Waals surface area contributed by atoms with Gasteiger partial charge in [-0.05, 0) is 34.1 Å². The second-order valence-electron chi connectivity index (χ2n) is 5.54. The minimum Gasteiger partial charge on any atom is -0.356 e. The van der Waals surface area contributed by atoms with Gasteiger partial charge in [-0.15, -0.1) is 0 Å². The van der Waals surface area contributed by atoms with Crippen LogP contribution in [0.15, 0.2) is 6.20 Å². The third-order valence-electron chi connectivity index (χ3n) is 2.39. The maximum Gasteiger partial charge on any atom is 0.216 e. The van der Waals surface area contributed by atoms with Gasteiger partial charge in [0.05, 0.1) is 12.1 Å². The number of aliphatic hydroxyl groups excluding tert-OH is 1. The Morgan fingerprint density at radius 2 is 2.17 bits per heavy atom. The van der Waals surface area contributed by atoms with Gasteiger partial charge in [-0.2, -0.15) is 0 Å². The molecule has 2 N–H and O–H groups in total. The summed E-state index contributed by atoms with van der Waals surface area (Å²) in [5, 5.41) is 10.1. The van der Waals surface area contributed by atoms with Crippen LogP contribution in [0.2, 0.25) is 0 Å². The Kier molecular flexibility index (Phi) is 5.31. The van der Waals surface area contributed by atoms with Gasteiger partial charge in [0.1, 0.15) is 5.82 Å². The van der Waals surface area contributed by atoms with Crippen LogP contribution in [-0.2, 0) is 11.3 Å². The highest BCUT2D eigenvalue weighted by Gasteiger charge is 2.22. The summed E-state index contributed by atoms with van der Waals surface area (Å²) in [4.78, 5) is 9.28. The number of hydrogen-bond donors (Lipinski definition) is 2. The minimum atomic E-state index is -0.907. The van der Waals surface area contributed by atoms with E-state index in [0.717, 1.165) is 24.5 Å². The summed E-state index contributed by atoms with van der Waals surface area (Å²) in [5.74, 6) is 0.845. The van der Waals surface area contributed by atoms with E-state index < -0.39 is 6.41 Å². The Morgan fingerprint density at radius 3 is 2.61 bits per heavy atom. The van der Waals surface area contributed by atoms with Crippen molar-refractivity contribution in [1.82, 2.24) is 14.9 Å². The fourth-order valence-corrected chi connectivity index (χ4v) is 1.69. The molecular formula is C13H25N3O2. The van der Waals surface area contributed by atoms with Crippen LogP contribution in [0.25, 0.3) is 0 Å². The molecule has 1 aromatic heterocycles. The van der Waals surface area contributed by atoms with Crippen molar-refractivity contribution >= 4 is 0 Å². The van der Waals surface area contributed by atoms with Gasteiger partial charge >= 0.3 is 0 Å². The molecule has 1 heterocycles. The number of rotatable bonds is 6. The lowest BCUT2D eigenvalue weighted by atomic mass is 10.2. The number of aromatic nitrogens is 2. The van der Waals surface area contributed by atoms with E-state index in [1.54, 1.807) is 6.20 Å². The third-order valence-corrected chi connectivity index (χ3v) is 2.39. The summed E-state index contributed by atoms with van der Waals surface area (Å²) < 4.78 is 5.57. The van der Waals surface area contributed by atoms with Crippen molar-refractivity contribution in [2.75, 3.05) is 6.54 Å². The van der Waals surface area contributed by atoms with Gasteiger partial charge < -0.3 is 14.8 Å². The van der Waals surface area contributed by atoms with E-state index in [-0.39, 0.29) is 5.60 Å². The van der Waals surface area contributed by atoms with Crippen molar-refractivity contribution in [3.63, 3.8) is 0 Å². The SMILES string of the molecule is CCCN(Cc1ncc(C)[nH]1)C(O)OC(C)(C)C. The van der Waals surface area contributed by atoms with Crippen LogP contribution in [-0.4, -0.2) is 38.5 Å². The first kappa shape index (κ1) is 15.1. The molecule has 1 aromatic rings. The molecule has 0 saturated heterocycles. The number of aryl methyl sites for hydroxylation is 1. The Hall–Kier alpha value is -0.910. The molecule has 0 amide bonds. The van der Waals surface area contributed by atoms with Crippen LogP contribution in [0.3, 0.4) is 0 Å². The summed E-state index contributed by atoms with van der Waals surface area (Å²) in [6.07, 6.45) is 1.83. The van der Waals surface area contributed by atoms with Crippen molar-refractivity contribution in [2.45, 2.75) is 59.6 Å². The van der Waals surface area contributed by atoms with Gasteiger partial charge in [0.15, 0.2) is 0 Å². The predicted octanol–water partition coefficient (Wildman–Crippen LogP) is 2.02. The standard InChI is InChI=1S/C13H25N3O2/c1-6-7-16(12(17)18-13(3,4)5)9-11-14-8-10(2)15-11/h8,12,17H,6-7,9H2,1-5H3,(H,14,15). The molecule has 0 aliphatic heterocycles. The molecule has 5 heteroatoms. The van der Waals surface area contributed by atoms with Crippen LogP contribution in [0.4, 0.5) is 0 Å². The molecule has 0 spiro atoms. The Morgan fingerprint density at radius 1 is 1.50 bits per heavy atom. The number of nitrogens with one attached hydrogen (secondary N) is 1. The number of aromatic amines is 1. The van der Waals surface area contributed by atoms with E-state index in [1.165, 1.54) is 0 Å². The molecule has 0 saturated carbocycles. The molecule has 0 aliphatic carbocycles. The van der Waals surface area contributed by atoms with Crippen LogP contribution < -0.4 is 0 Å². The third kappa shape index (κ3) is 5.16. The van der Waals surface area contributed by atoms with Gasteiger partial charge in [-0.1, -0.05) is 6.92 Å². The first-order valence-electron chi connectivity index (χ1n) is 6.42. The maximum atomic E-state index is 10.1. The minimum absolute atomic E-state index is 0.371. The van der Waals surface area contributed by atoms with Crippen molar-refractivity contribution in [2.24, 2.45) is 0 Å². The smallest absolute Gasteiger partial charge is 0.216 e. The highest BCUT2D eigenvalue weighted by Crippen LogP contribution is 2.14. The fourth-order valence-electron chi connectivity index (χ4n) is 1.69. The summed E-state index contributed by atoms with van der Waals surface area (Å²) >= 11 is 0. The van der Waals surface area contributed by atoms with Crippen LogP contribution in [0.5, 0.6) is 0 Å². The van der Waals surface area contributed by atoms with E-state index in [1.807, 2.05) is 32.6 Å². The summed E-state index contributed by atoms with van der Waals surface area (Å²) in [7, 11) is 0. The lowest BCUT2D eigenvalue weighted by molar-refractivity contribution is -0.242. The first-order valence-corrected chi connectivity index (χ1v) is 6.42. The second kappa shape index (κ2) is 6.31. The van der Waals surface area contributed by atoms with Crippen molar-refractivity contribution < 1.29 is 9.84 Å². The van der Waals surface area contributed by atoms with Crippen LogP contribution in [0.1, 0.15) is 45.6 Å². The summed E-state index contributed by atoms with van der Waals surface area (Å²) in [6.45, 7) is 11.1. The van der Waals surface area contributed by atoms with Gasteiger partial charge in [0, 0.05) is 18.4 Å². The molecule has 0 fully saturated rings. The number of aliphatic hydroxyl groups is 1. The molecular weight excluding hydrogens is 230 g/mol. The number of ether oxygens (including phenoxy) is 1. The van der Waals surface area contributed by atoms with Crippen molar-refractivity contribution in [3.8, 4) is 0 Å². The highest BCUT2D eigenvalue weighted by atomic mass is 16.6. The van der Waals surface area contributed by atoms with E-state index >= 15 is 0 Å². The number of hydrogen-bond acceptors (Lipinski definition) is 4. The lowest BCUT2D eigenvalue weighted by Crippen LogP contribution is -2.42. The van der Waals surface area contributed by atoms with E-state index in [0.29, 0.717) is 6.54 Å². The van der Waals surface area contributed by atoms with Crippen molar-refractivity contribution in [1.29, 1.82) is 0 Å². The quantitative estimate of drug-likeness (QED) is 0.763. The molecule has 0 bridgehead atoms. The molecule has 104 valence electrons. The first-order chi connectivity index (χ1) is 8.31. The van der Waals surface area contributed by atoms with Gasteiger partial charge in [0.2, 0.25) is 6.41 Å². The molecule has 1 unspecified atom stereocenters. The zero-order valence-corrected chi connectivity index (χ0v) is 12.0. The molecule has 0 aromatic carbocycles. The van der Waals surface area contributed by atoms with E-state index in [2.05, 4.69) is 16.9 Å². The summed E-state index contributed by atoms with van der Waals surface area (Å²) in [5.41, 5.74) is 0.650. The Balaban J connectivity index is 2.64. The van der Waals surface area contributed by atoms with E-state index in [4.69, 9.17) is 4.74 Å². The fraction of sp³-hybridized carbons (Fsp3) is 0.769. The maximum absolute atomic E-state index is 10.1. The van der Waals surface area contributed by atoms with Crippen molar-refractivity contribution in [3.05, 3.63) is 17.7 Å². The monoisotopic (exact) mass is 255 g/mol. The number of nitrogens with zero attached hydrogens (tertiary/aromatic N) is 2. The lowest BCUT2D eigenvalue weighted by Gasteiger charge is -2.31. The normalized spacial score (nSPS) is 14.2. The molecule has 1 atom stereocenters. The predicted molar refractivity (Wildman–Crippen MR) is 70.9 cm³/mol. The molecule has 5 nitrogen and oxygen atoms in total. The van der Waals surface area contributed by atoms with Gasteiger partial charge in [0.25, 0.3) is 0 Å². The van der Waals surface area contributed by atoms with Crippen LogP contribution >= 0.6 is 0 Å². The summed E-state index contributed by atoms with van der Waals surface area (Å²) in [6, 6.07) is 0. The second-order valence-corrected chi connectivity index (χ2v) is 5.54. The van der Waals surface area contributed by atoms with Gasteiger partial charge in [-0.25, -0.2) is 9.88 Å². The van der Waals surface area contributed by atoms with Gasteiger partial charge in [-0.3, -0.25) is 0 Å². The molecule has 0 radical (unpaired) electrons. The molecule has 18 heavy (non-hydrogen) atoms. The average molecular weight is 255 g/mol. The number of imidazole rings is 1. The Labute approximate surface area is 109 Å². The van der Waals surface area contributed by atoms with Crippen LogP contribution in [0, 0.1) is 6.92 Å².